The zero-order valence-corrected chi connectivity index (χ0v) is 16.7. The average molecular weight is 388 g/mol. The Hall–Kier alpha value is -3.11. The van der Waals surface area contributed by atoms with Crippen molar-refractivity contribution in [1.82, 2.24) is 0 Å². The van der Waals surface area contributed by atoms with E-state index in [1.165, 1.54) is 11.1 Å². The van der Waals surface area contributed by atoms with Crippen LogP contribution in [0, 0.1) is 6.92 Å². The summed E-state index contributed by atoms with van der Waals surface area (Å²) in [7, 11) is 1.62. The highest BCUT2D eigenvalue weighted by Crippen LogP contribution is 2.33. The molecule has 1 N–H and O–H groups in total. The summed E-state index contributed by atoms with van der Waals surface area (Å²) in [6.07, 6.45) is 0.727. The summed E-state index contributed by atoms with van der Waals surface area (Å²) >= 11 is 1.54. The van der Waals surface area contributed by atoms with Crippen LogP contribution in [0.3, 0.4) is 0 Å². The van der Waals surface area contributed by atoms with Crippen LogP contribution >= 0.6 is 11.3 Å². The van der Waals surface area contributed by atoms with Gasteiger partial charge in [-0.15, -0.1) is 11.3 Å². The lowest BCUT2D eigenvalue weighted by atomic mass is 10.0. The minimum atomic E-state index is -0.0865. The number of nitrogens with one attached hydrogen (secondary N) is 1. The highest BCUT2D eigenvalue weighted by atomic mass is 32.1. The van der Waals surface area contributed by atoms with Crippen LogP contribution < -0.4 is 10.1 Å². The van der Waals surface area contributed by atoms with Gasteiger partial charge < -0.3 is 10.1 Å². The second-order valence-corrected chi connectivity index (χ2v) is 7.81. The van der Waals surface area contributed by atoms with E-state index >= 15 is 0 Å². The third-order valence-corrected chi connectivity index (χ3v) is 5.95. The number of aryl methyl sites for hydroxylation is 1. The lowest BCUT2D eigenvalue weighted by Gasteiger charge is -2.08. The number of methoxy groups -OCH3 is 1. The number of ether oxygens (including phenoxy) is 1. The quantitative estimate of drug-likeness (QED) is 0.452. The Morgan fingerprint density at radius 3 is 2.57 bits per heavy atom. The predicted molar refractivity (Wildman–Crippen MR) is 117 cm³/mol. The summed E-state index contributed by atoms with van der Waals surface area (Å²) in [5.41, 5.74) is 4.23. The number of benzene rings is 3. The Morgan fingerprint density at radius 1 is 1.00 bits per heavy atom. The molecule has 0 aliphatic rings. The fraction of sp³-hybridized carbons (Fsp3) is 0.125. The Balaban J connectivity index is 1.71. The molecule has 1 heterocycles. The fourth-order valence-electron chi connectivity index (χ4n) is 3.26. The summed E-state index contributed by atoms with van der Waals surface area (Å²) in [4.78, 5) is 13.9. The summed E-state index contributed by atoms with van der Waals surface area (Å²) in [6, 6.07) is 24.1. The Labute approximate surface area is 168 Å². The first-order chi connectivity index (χ1) is 13.6. The van der Waals surface area contributed by atoms with E-state index in [-0.39, 0.29) is 5.91 Å². The number of rotatable bonds is 5. The number of hydrogen-bond donors (Lipinski definition) is 1. The molecule has 4 rings (SSSR count). The summed E-state index contributed by atoms with van der Waals surface area (Å²) in [5.74, 6) is 0.630. The van der Waals surface area contributed by atoms with Gasteiger partial charge in [-0.1, -0.05) is 54.1 Å². The third-order valence-electron chi connectivity index (χ3n) is 4.73. The van der Waals surface area contributed by atoms with Crippen LogP contribution in [0.2, 0.25) is 0 Å². The van der Waals surface area contributed by atoms with Gasteiger partial charge in [-0.2, -0.15) is 0 Å². The summed E-state index contributed by atoms with van der Waals surface area (Å²) in [6.45, 7) is 2.08. The van der Waals surface area contributed by atoms with Crippen LogP contribution in [0.15, 0.2) is 72.8 Å². The predicted octanol–water partition coefficient (Wildman–Crippen LogP) is 6.06. The van der Waals surface area contributed by atoms with E-state index in [4.69, 9.17) is 4.74 Å². The first-order valence-corrected chi connectivity index (χ1v) is 9.97. The molecule has 0 saturated heterocycles. The summed E-state index contributed by atoms with van der Waals surface area (Å²) < 4.78 is 6.38. The SMILES string of the molecule is COc1cccc(NC(=O)c2sc3ccccc3c2Cc2ccc(C)cc2)c1. The first-order valence-electron chi connectivity index (χ1n) is 9.15. The van der Waals surface area contributed by atoms with Crippen LogP contribution in [0.1, 0.15) is 26.4 Å². The van der Waals surface area contributed by atoms with Crippen molar-refractivity contribution in [2.75, 3.05) is 12.4 Å². The molecule has 1 amide bonds. The van der Waals surface area contributed by atoms with Gasteiger partial charge in [0.05, 0.1) is 12.0 Å². The van der Waals surface area contributed by atoms with Gasteiger partial charge in [0.1, 0.15) is 5.75 Å². The van der Waals surface area contributed by atoms with Gasteiger partial charge in [-0.25, -0.2) is 0 Å². The molecule has 0 atom stereocenters. The molecular formula is C24H21NO2S. The average Bonchev–Trinajstić information content (AvgIpc) is 3.08. The maximum atomic E-state index is 13.1. The second-order valence-electron chi connectivity index (χ2n) is 6.75. The van der Waals surface area contributed by atoms with Crippen molar-refractivity contribution in [1.29, 1.82) is 0 Å². The van der Waals surface area contributed by atoms with Crippen molar-refractivity contribution in [3.63, 3.8) is 0 Å². The van der Waals surface area contributed by atoms with E-state index in [2.05, 4.69) is 48.6 Å². The maximum Gasteiger partial charge on any atom is 0.266 e. The molecule has 0 radical (unpaired) electrons. The highest BCUT2D eigenvalue weighted by molar-refractivity contribution is 7.21. The molecule has 0 unspecified atom stereocenters. The molecule has 3 nitrogen and oxygen atoms in total. The molecule has 0 fully saturated rings. The number of fused-ring (bicyclic) bond motifs is 1. The third kappa shape index (κ3) is 3.78. The monoisotopic (exact) mass is 387 g/mol. The van der Waals surface area contributed by atoms with Crippen molar-refractivity contribution >= 4 is 33.0 Å². The number of amides is 1. The smallest absolute Gasteiger partial charge is 0.266 e. The molecule has 28 heavy (non-hydrogen) atoms. The van der Waals surface area contributed by atoms with Crippen molar-refractivity contribution in [3.05, 3.63) is 94.4 Å². The number of carbonyl (C=O) groups is 1. The fourth-order valence-corrected chi connectivity index (χ4v) is 4.37. The van der Waals surface area contributed by atoms with E-state index in [9.17, 15) is 4.79 Å². The van der Waals surface area contributed by atoms with E-state index in [1.54, 1.807) is 18.4 Å². The lowest BCUT2D eigenvalue weighted by Crippen LogP contribution is -2.12. The van der Waals surface area contributed by atoms with Crippen LogP contribution in [-0.4, -0.2) is 13.0 Å². The number of thiophene rings is 1. The highest BCUT2D eigenvalue weighted by Gasteiger charge is 2.19. The van der Waals surface area contributed by atoms with E-state index in [0.717, 1.165) is 32.6 Å². The lowest BCUT2D eigenvalue weighted by molar-refractivity contribution is 0.103. The Bertz CT molecular complexity index is 1130. The minimum absolute atomic E-state index is 0.0865. The topological polar surface area (TPSA) is 38.3 Å². The van der Waals surface area contributed by atoms with E-state index < -0.39 is 0 Å². The maximum absolute atomic E-state index is 13.1. The number of hydrogen-bond acceptors (Lipinski definition) is 3. The first kappa shape index (κ1) is 18.3. The normalized spacial score (nSPS) is 10.8. The molecule has 0 bridgehead atoms. The molecule has 3 aromatic carbocycles. The second kappa shape index (κ2) is 7.87. The van der Waals surface area contributed by atoms with Crippen LogP contribution in [-0.2, 0) is 6.42 Å². The molecule has 0 aliphatic carbocycles. The Kier molecular flexibility index (Phi) is 5.13. The number of anilines is 1. The van der Waals surface area contributed by atoms with Gasteiger partial charge in [0.15, 0.2) is 0 Å². The standard InChI is InChI=1S/C24H21NO2S/c1-16-10-12-17(13-11-16)14-21-20-8-3-4-9-22(20)28-23(21)24(26)25-18-6-5-7-19(15-18)27-2/h3-13,15H,14H2,1-2H3,(H,25,26). The van der Waals surface area contributed by atoms with Crippen LogP contribution in [0.25, 0.3) is 10.1 Å². The van der Waals surface area contributed by atoms with Gasteiger partial charge in [0.2, 0.25) is 0 Å². The molecule has 4 aromatic rings. The zero-order chi connectivity index (χ0) is 19.5. The van der Waals surface area contributed by atoms with Gasteiger partial charge in [0, 0.05) is 16.5 Å². The molecule has 140 valence electrons. The van der Waals surface area contributed by atoms with Crippen molar-refractivity contribution in [2.45, 2.75) is 13.3 Å². The largest absolute Gasteiger partial charge is 0.497 e. The van der Waals surface area contributed by atoms with Crippen LogP contribution in [0.5, 0.6) is 5.75 Å². The van der Waals surface area contributed by atoms with Gasteiger partial charge in [-0.05, 0) is 48.1 Å². The van der Waals surface area contributed by atoms with Gasteiger partial charge in [-0.3, -0.25) is 4.79 Å². The Morgan fingerprint density at radius 2 is 1.79 bits per heavy atom. The molecule has 0 spiro atoms. The minimum Gasteiger partial charge on any atom is -0.497 e. The number of carbonyl (C=O) groups excluding carboxylic acids is 1. The molecule has 0 saturated carbocycles. The van der Waals surface area contributed by atoms with E-state index in [0.29, 0.717) is 5.75 Å². The van der Waals surface area contributed by atoms with E-state index in [1.807, 2.05) is 36.4 Å². The van der Waals surface area contributed by atoms with Crippen molar-refractivity contribution in [3.8, 4) is 5.75 Å². The molecular weight excluding hydrogens is 366 g/mol. The zero-order valence-electron chi connectivity index (χ0n) is 15.9. The van der Waals surface area contributed by atoms with Crippen molar-refractivity contribution < 1.29 is 9.53 Å². The molecule has 0 aliphatic heterocycles. The molecule has 4 heteroatoms. The van der Waals surface area contributed by atoms with Gasteiger partial charge >= 0.3 is 0 Å². The van der Waals surface area contributed by atoms with Gasteiger partial charge in [0.25, 0.3) is 5.91 Å². The summed E-state index contributed by atoms with van der Waals surface area (Å²) in [5, 5.41) is 4.16. The molecule has 1 aromatic heterocycles. The van der Waals surface area contributed by atoms with Crippen LogP contribution in [0.4, 0.5) is 5.69 Å². The van der Waals surface area contributed by atoms with Crippen molar-refractivity contribution in [2.24, 2.45) is 0 Å².